The highest BCUT2D eigenvalue weighted by atomic mass is 79.9. The number of aromatic nitrogens is 2. The predicted molar refractivity (Wildman–Crippen MR) is 126 cm³/mol. The van der Waals surface area contributed by atoms with Gasteiger partial charge in [0.2, 0.25) is 0 Å². The first kappa shape index (κ1) is 23.5. The fraction of sp³-hybridized carbons (Fsp3) is 0.304. The molecule has 2 aromatic carbocycles. The molecule has 3 rings (SSSR count). The lowest BCUT2D eigenvalue weighted by Crippen LogP contribution is -2.24. The van der Waals surface area contributed by atoms with Crippen LogP contribution in [0.1, 0.15) is 44.5 Å². The number of hydrogen-bond donors (Lipinski definition) is 1. The maximum atomic E-state index is 13.3. The molecule has 1 N–H and O–H groups in total. The van der Waals surface area contributed by atoms with Crippen LogP contribution >= 0.6 is 15.9 Å². The number of carboxylic acids is 1. The third-order valence-electron chi connectivity index (χ3n) is 5.07. The van der Waals surface area contributed by atoms with E-state index in [1.54, 1.807) is 30.3 Å². The molecule has 0 saturated heterocycles. The van der Waals surface area contributed by atoms with E-state index in [0.29, 0.717) is 28.0 Å². The van der Waals surface area contributed by atoms with Gasteiger partial charge in [0.15, 0.2) is 17.6 Å². The monoisotopic (exact) mass is 501 g/mol. The zero-order valence-electron chi connectivity index (χ0n) is 18.2. The molecule has 0 aliphatic rings. The van der Waals surface area contributed by atoms with Gasteiger partial charge in [-0.15, -0.1) is 0 Å². The molecule has 0 spiro atoms. The number of halogens is 1. The maximum Gasteiger partial charge on any atom is 0.344 e. The molecule has 1 aromatic heterocycles. The molecule has 0 aliphatic heterocycles. The number of hydrogen-bond acceptors (Lipinski definition) is 6. The number of aliphatic carboxylic acids is 1. The largest absolute Gasteiger partial charge is 0.493 e. The lowest BCUT2D eigenvalue weighted by molar-refractivity contribution is -0.144. The van der Waals surface area contributed by atoms with Crippen molar-refractivity contribution in [2.24, 2.45) is 5.10 Å². The number of ether oxygens (including phenoxy) is 2. The van der Waals surface area contributed by atoms with Gasteiger partial charge in [0.1, 0.15) is 5.82 Å². The van der Waals surface area contributed by atoms with Crippen LogP contribution in [-0.4, -0.2) is 40.2 Å². The first-order valence-electron chi connectivity index (χ1n) is 10.1. The van der Waals surface area contributed by atoms with Crippen LogP contribution in [-0.2, 0) is 4.79 Å². The first-order chi connectivity index (χ1) is 15.3. The summed E-state index contributed by atoms with van der Waals surface area (Å²) in [5, 5.41) is 14.1. The Bertz CT molecular complexity index is 1240. The third-order valence-corrected chi connectivity index (χ3v) is 5.56. The van der Waals surface area contributed by atoms with Gasteiger partial charge in [0.25, 0.3) is 5.56 Å². The summed E-state index contributed by atoms with van der Waals surface area (Å²) in [7, 11) is 1.46. The number of carboxylic acid groups (broad SMARTS) is 1. The second-order valence-electron chi connectivity index (χ2n) is 7.28. The van der Waals surface area contributed by atoms with Gasteiger partial charge in [0.05, 0.1) is 24.2 Å². The van der Waals surface area contributed by atoms with Gasteiger partial charge in [-0.05, 0) is 43.7 Å². The number of benzene rings is 2. The van der Waals surface area contributed by atoms with E-state index in [9.17, 15) is 14.7 Å². The molecule has 168 valence electrons. The standard InChI is InChI=1S/C23H24BrN3O5/c1-5-13(2)21-26-18-10-9-16(24)11-17(18)22(28)27(21)25-12-15-7-6-8-19(31-4)20(15)32-14(3)23(29)30/h6-14H,5H2,1-4H3,(H,29,30)/t13-,14-/m0/s1. The Kier molecular flexibility index (Phi) is 7.29. The van der Waals surface area contributed by atoms with Gasteiger partial charge in [-0.3, -0.25) is 4.79 Å². The van der Waals surface area contributed by atoms with Gasteiger partial charge in [-0.1, -0.05) is 35.8 Å². The number of rotatable bonds is 8. The minimum Gasteiger partial charge on any atom is -0.493 e. The van der Waals surface area contributed by atoms with Gasteiger partial charge in [0, 0.05) is 16.0 Å². The van der Waals surface area contributed by atoms with E-state index in [1.165, 1.54) is 24.9 Å². The third kappa shape index (κ3) is 4.83. The van der Waals surface area contributed by atoms with E-state index in [0.717, 1.165) is 10.9 Å². The Balaban J connectivity index is 2.17. The van der Waals surface area contributed by atoms with Gasteiger partial charge in [-0.25, -0.2) is 9.78 Å². The molecule has 2 atom stereocenters. The van der Waals surface area contributed by atoms with Crippen molar-refractivity contribution >= 4 is 39.0 Å². The molecular formula is C23H24BrN3O5. The van der Waals surface area contributed by atoms with E-state index in [-0.39, 0.29) is 17.2 Å². The van der Waals surface area contributed by atoms with E-state index in [2.05, 4.69) is 26.0 Å². The minimum atomic E-state index is -1.11. The number of carbonyl (C=O) groups is 1. The quantitative estimate of drug-likeness (QED) is 0.458. The van der Waals surface area contributed by atoms with Crippen molar-refractivity contribution in [1.82, 2.24) is 9.66 Å². The Labute approximate surface area is 193 Å². The summed E-state index contributed by atoms with van der Waals surface area (Å²) < 4.78 is 13.0. The summed E-state index contributed by atoms with van der Waals surface area (Å²) >= 11 is 3.40. The van der Waals surface area contributed by atoms with Crippen LogP contribution in [0.5, 0.6) is 11.5 Å². The van der Waals surface area contributed by atoms with E-state index in [1.807, 2.05) is 19.9 Å². The number of para-hydroxylation sites is 1. The maximum absolute atomic E-state index is 13.3. The number of fused-ring (bicyclic) bond motifs is 1. The van der Waals surface area contributed by atoms with Crippen LogP contribution in [0.15, 0.2) is 50.8 Å². The van der Waals surface area contributed by atoms with Crippen LogP contribution in [0, 0.1) is 0 Å². The molecule has 0 amide bonds. The van der Waals surface area contributed by atoms with Crippen molar-refractivity contribution in [3.05, 3.63) is 62.6 Å². The summed E-state index contributed by atoms with van der Waals surface area (Å²) in [4.78, 5) is 29.2. The smallest absolute Gasteiger partial charge is 0.344 e. The molecule has 0 radical (unpaired) electrons. The molecule has 8 nitrogen and oxygen atoms in total. The molecule has 0 unspecified atom stereocenters. The second-order valence-corrected chi connectivity index (χ2v) is 8.19. The average Bonchev–Trinajstić information content (AvgIpc) is 2.78. The predicted octanol–water partition coefficient (Wildman–Crippen LogP) is 4.42. The highest BCUT2D eigenvalue weighted by Crippen LogP contribution is 2.31. The molecule has 0 fully saturated rings. The molecule has 3 aromatic rings. The first-order valence-corrected chi connectivity index (χ1v) is 10.9. The highest BCUT2D eigenvalue weighted by Gasteiger charge is 2.19. The summed E-state index contributed by atoms with van der Waals surface area (Å²) in [6.07, 6.45) is 1.12. The zero-order valence-corrected chi connectivity index (χ0v) is 19.8. The number of methoxy groups -OCH3 is 1. The summed E-state index contributed by atoms with van der Waals surface area (Å²) in [6.45, 7) is 5.41. The van der Waals surface area contributed by atoms with Crippen LogP contribution in [0.3, 0.4) is 0 Å². The van der Waals surface area contributed by atoms with Crippen molar-refractivity contribution < 1.29 is 19.4 Å². The van der Waals surface area contributed by atoms with Gasteiger partial charge >= 0.3 is 5.97 Å². The molecule has 32 heavy (non-hydrogen) atoms. The lowest BCUT2D eigenvalue weighted by Gasteiger charge is -2.16. The zero-order chi connectivity index (χ0) is 23.4. The number of nitrogens with zero attached hydrogens (tertiary/aromatic N) is 3. The summed E-state index contributed by atoms with van der Waals surface area (Å²) in [5.41, 5.74) is 0.765. The normalized spacial score (nSPS) is 13.3. The van der Waals surface area contributed by atoms with Crippen molar-refractivity contribution in [1.29, 1.82) is 0 Å². The average molecular weight is 502 g/mol. The Morgan fingerprint density at radius 2 is 2.06 bits per heavy atom. The Hall–Kier alpha value is -3.20. The van der Waals surface area contributed by atoms with E-state index in [4.69, 9.17) is 9.47 Å². The second kappa shape index (κ2) is 9.95. The molecule has 1 heterocycles. The van der Waals surface area contributed by atoms with Crippen LogP contribution in [0.25, 0.3) is 10.9 Å². The van der Waals surface area contributed by atoms with Crippen molar-refractivity contribution in [3.8, 4) is 11.5 Å². The van der Waals surface area contributed by atoms with E-state index >= 15 is 0 Å². The van der Waals surface area contributed by atoms with Gasteiger partial charge in [-0.2, -0.15) is 9.78 Å². The Morgan fingerprint density at radius 3 is 2.72 bits per heavy atom. The Morgan fingerprint density at radius 1 is 1.31 bits per heavy atom. The van der Waals surface area contributed by atoms with Crippen LogP contribution in [0.2, 0.25) is 0 Å². The van der Waals surface area contributed by atoms with Crippen molar-refractivity contribution in [2.45, 2.75) is 39.2 Å². The topological polar surface area (TPSA) is 103 Å². The SMILES string of the molecule is CC[C@H](C)c1nc2ccc(Br)cc2c(=O)n1N=Cc1cccc(OC)c1O[C@@H](C)C(=O)O. The molecule has 0 bridgehead atoms. The molecule has 0 aliphatic carbocycles. The van der Waals surface area contributed by atoms with Crippen LogP contribution in [0.4, 0.5) is 0 Å². The van der Waals surface area contributed by atoms with Gasteiger partial charge < -0.3 is 14.6 Å². The minimum absolute atomic E-state index is 0.0130. The highest BCUT2D eigenvalue weighted by molar-refractivity contribution is 9.10. The fourth-order valence-electron chi connectivity index (χ4n) is 3.05. The summed E-state index contributed by atoms with van der Waals surface area (Å²) in [6, 6.07) is 10.4. The molecule has 9 heteroatoms. The van der Waals surface area contributed by atoms with E-state index < -0.39 is 12.1 Å². The fourth-order valence-corrected chi connectivity index (χ4v) is 3.41. The molecule has 0 saturated carbocycles. The molecular weight excluding hydrogens is 478 g/mol. The lowest BCUT2D eigenvalue weighted by atomic mass is 10.1. The van der Waals surface area contributed by atoms with Crippen LogP contribution < -0.4 is 15.0 Å². The van der Waals surface area contributed by atoms with Crippen molar-refractivity contribution in [3.63, 3.8) is 0 Å². The summed E-state index contributed by atoms with van der Waals surface area (Å²) in [5.74, 6) is -0.00688. The van der Waals surface area contributed by atoms with Crippen molar-refractivity contribution in [2.75, 3.05) is 7.11 Å².